The van der Waals surface area contributed by atoms with Gasteiger partial charge in [-0.3, -0.25) is 0 Å². The molecule has 1 N–H and O–H groups in total. The molecule has 2 heteroatoms. The molecule has 0 rings (SSSR count). The van der Waals surface area contributed by atoms with Crippen LogP contribution in [0, 0.1) is 0 Å². The van der Waals surface area contributed by atoms with Crippen molar-refractivity contribution in [2.45, 2.75) is 26.2 Å². The van der Waals surface area contributed by atoms with Crippen molar-refractivity contribution in [3.63, 3.8) is 0 Å². The molecule has 0 aliphatic heterocycles. The predicted octanol–water partition coefficient (Wildman–Crippen LogP) is 0.253. The molecule has 0 atom stereocenters. The van der Waals surface area contributed by atoms with Crippen molar-refractivity contribution in [2.24, 2.45) is 0 Å². The first-order valence-corrected chi connectivity index (χ1v) is 2.52. The van der Waals surface area contributed by atoms with Crippen molar-refractivity contribution in [3.8, 4) is 0 Å². The van der Waals surface area contributed by atoms with Crippen LogP contribution in [0.2, 0.25) is 0 Å². The van der Waals surface area contributed by atoms with E-state index in [1.807, 2.05) is 0 Å². The Hall–Kier alpha value is 0.882. The van der Waals surface area contributed by atoms with E-state index in [2.05, 4.69) is 6.92 Å². The van der Waals surface area contributed by atoms with Gasteiger partial charge in [0.1, 0.15) is 0 Å². The van der Waals surface area contributed by atoms with E-state index in [1.54, 1.807) is 0 Å². The number of hydrogen-bond acceptors (Lipinski definition) is 1. The van der Waals surface area contributed by atoms with Gasteiger partial charge in [0, 0.05) is 6.61 Å². The summed E-state index contributed by atoms with van der Waals surface area (Å²) in [5.74, 6) is 0. The third-order valence-corrected chi connectivity index (χ3v) is 0.762. The standard InChI is InChI=1S/C5H12O.Pb.2H/c1-2-3-4-5-6;;;/h6H,2-5H2,1H3;;;. The van der Waals surface area contributed by atoms with E-state index in [1.165, 1.54) is 6.42 Å². The van der Waals surface area contributed by atoms with Crippen LogP contribution in [-0.4, -0.2) is 39.0 Å². The molecule has 0 aliphatic rings. The number of unbranched alkanes of at least 4 members (excludes halogenated alkanes) is 2. The summed E-state index contributed by atoms with van der Waals surface area (Å²) in [5.41, 5.74) is 0. The Labute approximate surface area is 65.3 Å². The van der Waals surface area contributed by atoms with E-state index in [4.69, 9.17) is 5.11 Å². The number of aliphatic hydroxyl groups excluding tert-OH is 1. The molecule has 1 nitrogen and oxygen atoms in total. The van der Waals surface area contributed by atoms with Crippen LogP contribution in [0.1, 0.15) is 26.2 Å². The second-order valence-corrected chi connectivity index (χ2v) is 1.43. The average molecular weight is 297 g/mol. The van der Waals surface area contributed by atoms with Gasteiger partial charge in [-0.1, -0.05) is 19.8 Å². The Morgan fingerprint density at radius 1 is 1.29 bits per heavy atom. The van der Waals surface area contributed by atoms with Gasteiger partial charge >= 0.3 is 27.3 Å². The molecule has 0 aromatic carbocycles. The van der Waals surface area contributed by atoms with Gasteiger partial charge in [-0.15, -0.1) is 0 Å². The van der Waals surface area contributed by atoms with Gasteiger partial charge in [0.25, 0.3) is 0 Å². The summed E-state index contributed by atoms with van der Waals surface area (Å²) in [6, 6.07) is 0. The molecule has 0 heterocycles. The molecule has 0 fully saturated rings. The summed E-state index contributed by atoms with van der Waals surface area (Å²) < 4.78 is 0. The zero-order valence-electron chi connectivity index (χ0n) is 4.98. The van der Waals surface area contributed by atoms with Crippen LogP contribution in [0.5, 0.6) is 0 Å². The Balaban J connectivity index is 0. The first-order chi connectivity index (χ1) is 2.91. The fourth-order valence-corrected chi connectivity index (χ4v) is 0.362. The van der Waals surface area contributed by atoms with Crippen LogP contribution >= 0.6 is 0 Å². The Morgan fingerprint density at radius 2 is 1.86 bits per heavy atom. The maximum absolute atomic E-state index is 8.20. The van der Waals surface area contributed by atoms with E-state index in [0.717, 1.165) is 12.8 Å². The van der Waals surface area contributed by atoms with Gasteiger partial charge in [0.15, 0.2) is 0 Å². The normalized spacial score (nSPS) is 7.71. The molecule has 0 bridgehead atoms. The third kappa shape index (κ3) is 10.9. The monoisotopic (exact) mass is 298 g/mol. The fraction of sp³-hybridized carbons (Fsp3) is 1.00. The summed E-state index contributed by atoms with van der Waals surface area (Å²) in [5, 5.41) is 8.20. The topological polar surface area (TPSA) is 20.2 Å². The molecule has 0 saturated carbocycles. The Morgan fingerprint density at radius 3 is 2.00 bits per heavy atom. The zero-order chi connectivity index (χ0) is 4.83. The first kappa shape index (κ1) is 10.8. The minimum atomic E-state index is 0. The van der Waals surface area contributed by atoms with Gasteiger partial charge in [-0.2, -0.15) is 0 Å². The molecule has 0 spiro atoms. The van der Waals surface area contributed by atoms with Crippen molar-refractivity contribution in [3.05, 3.63) is 0 Å². The van der Waals surface area contributed by atoms with Gasteiger partial charge in [-0.25, -0.2) is 0 Å². The predicted molar refractivity (Wildman–Crippen MR) is 35.2 cm³/mol. The fourth-order valence-electron chi connectivity index (χ4n) is 0.362. The van der Waals surface area contributed by atoms with Gasteiger partial charge in [0.05, 0.1) is 0 Å². The van der Waals surface area contributed by atoms with Gasteiger partial charge in [-0.05, 0) is 6.42 Å². The number of aliphatic hydroxyl groups is 1. The maximum atomic E-state index is 8.20. The third-order valence-electron chi connectivity index (χ3n) is 0.762. The van der Waals surface area contributed by atoms with Crippen LogP contribution in [0.3, 0.4) is 0 Å². The van der Waals surface area contributed by atoms with E-state index >= 15 is 0 Å². The van der Waals surface area contributed by atoms with E-state index in [9.17, 15) is 0 Å². The van der Waals surface area contributed by atoms with Gasteiger partial charge in [0.2, 0.25) is 0 Å². The molecule has 0 aliphatic carbocycles. The average Bonchev–Trinajstić information content (AvgIpc) is 1.61. The first-order valence-electron chi connectivity index (χ1n) is 2.52. The SMILES string of the molecule is CCCCCO.[PbH2]. The quantitative estimate of drug-likeness (QED) is 0.585. The van der Waals surface area contributed by atoms with Crippen molar-refractivity contribution >= 4 is 27.3 Å². The van der Waals surface area contributed by atoms with Crippen molar-refractivity contribution in [1.29, 1.82) is 0 Å². The number of rotatable bonds is 3. The second kappa shape index (κ2) is 9.99. The van der Waals surface area contributed by atoms with Crippen LogP contribution in [0.25, 0.3) is 0 Å². The number of hydrogen-bond donors (Lipinski definition) is 1. The van der Waals surface area contributed by atoms with Crippen LogP contribution in [0.15, 0.2) is 0 Å². The second-order valence-electron chi connectivity index (χ2n) is 1.43. The van der Waals surface area contributed by atoms with E-state index in [0.29, 0.717) is 6.61 Å². The van der Waals surface area contributed by atoms with Crippen LogP contribution < -0.4 is 0 Å². The van der Waals surface area contributed by atoms with Crippen molar-refractivity contribution in [1.82, 2.24) is 0 Å². The molecule has 0 saturated heterocycles. The summed E-state index contributed by atoms with van der Waals surface area (Å²) in [4.78, 5) is 0. The minimum absolute atomic E-state index is 0. The van der Waals surface area contributed by atoms with E-state index < -0.39 is 0 Å². The molecule has 0 aromatic heterocycles. The Bertz CT molecular complexity index is 20.0. The zero-order valence-corrected chi connectivity index (χ0v) is 10.5. The summed E-state index contributed by atoms with van der Waals surface area (Å²) in [7, 11) is 0. The molecular weight excluding hydrogens is 283 g/mol. The molecule has 0 amide bonds. The molecule has 0 unspecified atom stereocenters. The molecule has 2 radical (unpaired) electrons. The molecular formula is C5H14OPb. The molecule has 0 aromatic rings. The van der Waals surface area contributed by atoms with E-state index in [-0.39, 0.29) is 27.3 Å². The summed E-state index contributed by atoms with van der Waals surface area (Å²) in [6.45, 7) is 2.48. The Kier molecular flexibility index (Phi) is 15.4. The van der Waals surface area contributed by atoms with Gasteiger partial charge < -0.3 is 5.11 Å². The molecule has 7 heavy (non-hydrogen) atoms. The van der Waals surface area contributed by atoms with Crippen molar-refractivity contribution < 1.29 is 5.11 Å². The summed E-state index contributed by atoms with van der Waals surface area (Å²) in [6.07, 6.45) is 3.33. The van der Waals surface area contributed by atoms with Crippen LogP contribution in [0.4, 0.5) is 0 Å². The summed E-state index contributed by atoms with van der Waals surface area (Å²) >= 11 is 0. The molecule has 44 valence electrons. The van der Waals surface area contributed by atoms with Crippen molar-refractivity contribution in [2.75, 3.05) is 6.61 Å². The van der Waals surface area contributed by atoms with Crippen LogP contribution in [-0.2, 0) is 0 Å².